The first-order chi connectivity index (χ1) is 40.1. The Hall–Kier alpha value is -1.80. The number of nitrogens with zero attached hydrogens (tertiary/aromatic N) is 6. The maximum Gasteiger partial charge on any atom is 0.104 e. The van der Waals surface area contributed by atoms with Gasteiger partial charge in [0.1, 0.15) is 26.2 Å². The van der Waals surface area contributed by atoms with Gasteiger partial charge in [-0.1, -0.05) is 216 Å². The molecule has 0 aliphatic rings. The molecule has 490 valence electrons. The van der Waals surface area contributed by atoms with Gasteiger partial charge in [0.05, 0.1) is 137 Å². The molecule has 0 bridgehead atoms. The molecule has 6 nitrogen and oxygen atoms in total. The van der Waals surface area contributed by atoms with Crippen LogP contribution in [0.2, 0.25) is 0 Å². The molecule has 0 saturated heterocycles. The Balaban J connectivity index is 1.51. The van der Waals surface area contributed by atoms with E-state index >= 15 is 0 Å². The van der Waals surface area contributed by atoms with Crippen molar-refractivity contribution in [3.05, 3.63) is 70.8 Å². The molecule has 0 radical (unpaired) electrons. The first kappa shape index (κ1) is 78.3. The van der Waals surface area contributed by atoms with Crippen molar-refractivity contribution < 1.29 is 26.9 Å². The Morgan fingerprint density at radius 2 is 0.286 bits per heavy atom. The molecular weight excluding hydrogens is 1020 g/mol. The van der Waals surface area contributed by atoms with E-state index in [1.807, 2.05) is 0 Å². The summed E-state index contributed by atoms with van der Waals surface area (Å²) in [7, 11) is 29.4. The van der Waals surface area contributed by atoms with Crippen LogP contribution in [0.5, 0.6) is 0 Å². The number of unbranched alkanes of at least 4 members (excludes halogenated alkanes) is 35. The lowest BCUT2D eigenvalue weighted by molar-refractivity contribution is -0.904. The lowest BCUT2D eigenvalue weighted by Gasteiger charge is -2.32. The first-order valence-corrected chi connectivity index (χ1v) is 37.1. The van der Waals surface area contributed by atoms with Crippen LogP contribution < -0.4 is 0 Å². The van der Waals surface area contributed by atoms with Crippen LogP contribution in [0, 0.1) is 0 Å². The zero-order valence-electron chi connectivity index (χ0n) is 60.1. The van der Waals surface area contributed by atoms with Gasteiger partial charge in [-0.05, 0) is 103 Å². The maximum atomic E-state index is 2.47. The third-order valence-corrected chi connectivity index (χ3v) is 19.6. The lowest BCUT2D eigenvalue weighted by Crippen LogP contribution is -2.41. The fourth-order valence-electron chi connectivity index (χ4n) is 13.8. The average Bonchev–Trinajstić information content (AvgIpc) is 3.63. The Morgan fingerprint density at radius 1 is 0.167 bits per heavy atom. The number of hydrogen-bond donors (Lipinski definition) is 0. The molecule has 0 atom stereocenters. The second kappa shape index (κ2) is 46.3. The van der Waals surface area contributed by atoms with Crippen LogP contribution in [0.4, 0.5) is 0 Å². The quantitative estimate of drug-likeness (QED) is 0.0457. The highest BCUT2D eigenvalue weighted by Crippen LogP contribution is 2.22. The molecule has 0 heterocycles. The predicted molar refractivity (Wildman–Crippen MR) is 375 cm³/mol. The molecule has 0 aliphatic carbocycles. The minimum atomic E-state index is 1.07. The predicted octanol–water partition coefficient (Wildman–Crippen LogP) is 20.5. The van der Waals surface area contributed by atoms with Crippen molar-refractivity contribution in [2.75, 3.05) is 137 Å². The van der Waals surface area contributed by atoms with Crippen LogP contribution in [0.15, 0.2) is 48.5 Å². The molecule has 2 aromatic carbocycles. The van der Waals surface area contributed by atoms with E-state index in [2.05, 4.69) is 147 Å². The van der Waals surface area contributed by atoms with Gasteiger partial charge >= 0.3 is 0 Å². The Labute approximate surface area is 528 Å². The zero-order valence-corrected chi connectivity index (χ0v) is 60.1. The molecule has 2 rings (SSSR count). The summed E-state index contributed by atoms with van der Waals surface area (Å²) in [6, 6.07) is 19.4. The zero-order chi connectivity index (χ0) is 61.7. The van der Waals surface area contributed by atoms with Crippen molar-refractivity contribution in [2.24, 2.45) is 0 Å². The highest BCUT2D eigenvalue weighted by Gasteiger charge is 2.22. The van der Waals surface area contributed by atoms with Crippen molar-refractivity contribution in [3.63, 3.8) is 0 Å². The van der Waals surface area contributed by atoms with Gasteiger partial charge in [0.25, 0.3) is 0 Å². The highest BCUT2D eigenvalue weighted by molar-refractivity contribution is 5.22. The lowest BCUT2D eigenvalue weighted by atomic mass is 10.0. The van der Waals surface area contributed by atoms with Crippen LogP contribution in [-0.4, -0.2) is 164 Å². The molecule has 6 heteroatoms. The molecule has 2 aromatic rings. The molecule has 0 spiro atoms. The topological polar surface area (TPSA) is 0 Å². The summed E-state index contributed by atoms with van der Waals surface area (Å²) in [5, 5.41) is 0. The van der Waals surface area contributed by atoms with E-state index in [9.17, 15) is 0 Å². The standard InChI is InChI=1S/C78H154N6/c1-15-17-19-21-23-25-27-29-31-33-35-37-39-47-63-79(3,4)65-49-41-43-51-67-81(7,8)71-75-55-59-77(60-56-75)73-83(11,12)69-53-45-46-54-70-84(13,14)74-78-61-57-76(58-62-78)72-82(9,10)68-52-44-42-50-66-80(5,6)64-48-40-38-36-34-32-30-28-26-24-22-20-18-16-2/h55-62H,15-54,63-74H2,1-14H3/q+6. The van der Waals surface area contributed by atoms with E-state index in [-0.39, 0.29) is 0 Å². The average molecular weight is 1180 g/mol. The summed E-state index contributed by atoms with van der Waals surface area (Å²) in [6.45, 7) is 19.5. The summed E-state index contributed by atoms with van der Waals surface area (Å²) >= 11 is 0. The molecule has 0 saturated carbocycles. The largest absolute Gasteiger partial charge is 0.328 e. The third-order valence-electron chi connectivity index (χ3n) is 19.6. The SMILES string of the molecule is CCCCCCCCCCCCCCCC[N+](C)(C)CCCCCC[N+](C)(C)Cc1ccc(C[N+](C)(C)CCCCCC[N+](C)(C)Cc2ccc(C[N+](C)(C)CCCCCC[N+](C)(C)CCCCCCCCCCCCCCCC)cc2)cc1. The van der Waals surface area contributed by atoms with E-state index in [1.165, 1.54) is 340 Å². The Morgan fingerprint density at radius 3 is 0.429 bits per heavy atom. The van der Waals surface area contributed by atoms with Crippen LogP contribution in [0.3, 0.4) is 0 Å². The Bertz CT molecular complexity index is 1660. The van der Waals surface area contributed by atoms with Gasteiger partial charge < -0.3 is 26.9 Å². The molecule has 0 unspecified atom stereocenters. The van der Waals surface area contributed by atoms with E-state index in [0.29, 0.717) is 0 Å². The van der Waals surface area contributed by atoms with Gasteiger partial charge in [-0.15, -0.1) is 0 Å². The Kier molecular flexibility index (Phi) is 43.2. The molecular formula is C78H154N6+6. The summed E-state index contributed by atoms with van der Waals surface area (Å²) in [5.74, 6) is 0. The first-order valence-electron chi connectivity index (χ1n) is 37.1. The number of benzene rings is 2. The number of rotatable bonds is 59. The third kappa shape index (κ3) is 45.5. The molecule has 84 heavy (non-hydrogen) atoms. The highest BCUT2D eigenvalue weighted by atomic mass is 15.3. The normalized spacial score (nSPS) is 13.0. The minimum Gasteiger partial charge on any atom is -0.328 e. The van der Waals surface area contributed by atoms with E-state index < -0.39 is 0 Å². The second-order valence-electron chi connectivity index (χ2n) is 32.1. The molecule has 0 amide bonds. The summed E-state index contributed by atoms with van der Waals surface area (Å²) in [5.41, 5.74) is 5.93. The monoisotopic (exact) mass is 1180 g/mol. The fraction of sp³-hybridized carbons (Fsp3) is 0.846. The van der Waals surface area contributed by atoms with Crippen molar-refractivity contribution in [1.29, 1.82) is 0 Å². The van der Waals surface area contributed by atoms with Crippen molar-refractivity contribution in [2.45, 2.75) is 297 Å². The molecule has 0 N–H and O–H groups in total. The molecule has 0 fully saturated rings. The summed E-state index contributed by atoms with van der Waals surface area (Å²) < 4.78 is 6.73. The van der Waals surface area contributed by atoms with Crippen LogP contribution in [0.1, 0.15) is 293 Å². The van der Waals surface area contributed by atoms with Crippen LogP contribution >= 0.6 is 0 Å². The van der Waals surface area contributed by atoms with Crippen LogP contribution in [0.25, 0.3) is 0 Å². The number of hydrogen-bond acceptors (Lipinski definition) is 0. The molecule has 0 aromatic heterocycles. The van der Waals surface area contributed by atoms with Gasteiger partial charge in [-0.3, -0.25) is 0 Å². The van der Waals surface area contributed by atoms with Crippen molar-refractivity contribution in [1.82, 2.24) is 0 Å². The van der Waals surface area contributed by atoms with E-state index in [1.54, 1.807) is 0 Å². The minimum absolute atomic E-state index is 1.07. The van der Waals surface area contributed by atoms with Gasteiger partial charge in [0.15, 0.2) is 0 Å². The smallest absolute Gasteiger partial charge is 0.104 e. The van der Waals surface area contributed by atoms with E-state index in [0.717, 1.165) is 44.1 Å². The fourth-order valence-corrected chi connectivity index (χ4v) is 13.8. The summed E-state index contributed by atoms with van der Waals surface area (Å²) in [6.07, 6.45) is 56.7. The molecule has 0 aliphatic heterocycles. The van der Waals surface area contributed by atoms with Gasteiger partial charge in [-0.25, -0.2) is 0 Å². The summed E-state index contributed by atoms with van der Waals surface area (Å²) in [4.78, 5) is 0. The van der Waals surface area contributed by atoms with Gasteiger partial charge in [0, 0.05) is 22.3 Å². The maximum absolute atomic E-state index is 2.47. The van der Waals surface area contributed by atoms with Crippen molar-refractivity contribution in [3.8, 4) is 0 Å². The van der Waals surface area contributed by atoms with Gasteiger partial charge in [0.2, 0.25) is 0 Å². The second-order valence-corrected chi connectivity index (χ2v) is 32.1. The number of quaternary nitrogens is 6. The van der Waals surface area contributed by atoms with Gasteiger partial charge in [-0.2, -0.15) is 0 Å². The van der Waals surface area contributed by atoms with Crippen molar-refractivity contribution >= 4 is 0 Å². The van der Waals surface area contributed by atoms with E-state index in [4.69, 9.17) is 0 Å². The van der Waals surface area contributed by atoms with Crippen LogP contribution in [-0.2, 0) is 26.2 Å².